The lowest BCUT2D eigenvalue weighted by Gasteiger charge is -2.12. The van der Waals surface area contributed by atoms with E-state index >= 15 is 0 Å². The van der Waals surface area contributed by atoms with E-state index in [1.807, 2.05) is 42.7 Å². The van der Waals surface area contributed by atoms with Crippen molar-refractivity contribution in [2.75, 3.05) is 12.4 Å². The number of nitrogens with two attached hydrogens (primary N) is 1. The molecular formula is C25H24N8O2. The van der Waals surface area contributed by atoms with Gasteiger partial charge in [0.05, 0.1) is 29.4 Å². The Bertz CT molecular complexity index is 1530. The number of fused-ring (bicyclic) bond motifs is 1. The summed E-state index contributed by atoms with van der Waals surface area (Å²) in [4.78, 5) is 21.5. The maximum atomic E-state index is 12.3. The van der Waals surface area contributed by atoms with Crippen molar-refractivity contribution in [1.29, 1.82) is 5.26 Å². The number of aryl methyl sites for hydroxylation is 1. The normalized spacial score (nSPS) is 12.0. The van der Waals surface area contributed by atoms with Gasteiger partial charge in [-0.3, -0.25) is 9.36 Å². The van der Waals surface area contributed by atoms with E-state index < -0.39 is 0 Å². The van der Waals surface area contributed by atoms with Crippen LogP contribution < -0.4 is 11.1 Å². The molecule has 35 heavy (non-hydrogen) atoms. The number of carbonyl (C=O) groups excluding carboxylic acids is 1. The van der Waals surface area contributed by atoms with Crippen LogP contribution in [0.25, 0.3) is 22.7 Å². The van der Waals surface area contributed by atoms with Crippen molar-refractivity contribution in [3.63, 3.8) is 0 Å². The van der Waals surface area contributed by atoms with E-state index in [9.17, 15) is 10.1 Å². The quantitative estimate of drug-likeness (QED) is 0.238. The third kappa shape index (κ3) is 4.47. The maximum Gasteiger partial charge on any atom is 0.166 e. The first kappa shape index (κ1) is 23.3. The van der Waals surface area contributed by atoms with E-state index in [4.69, 9.17) is 15.5 Å². The number of hydrogen-bond acceptors (Lipinski definition) is 8. The predicted molar refractivity (Wildman–Crippen MR) is 132 cm³/mol. The smallest absolute Gasteiger partial charge is 0.166 e. The molecule has 3 aromatic heterocycles. The minimum Gasteiger partial charge on any atom is -0.495 e. The van der Waals surface area contributed by atoms with Crippen LogP contribution in [0, 0.1) is 18.3 Å². The Balaban J connectivity index is 1.76. The lowest BCUT2D eigenvalue weighted by molar-refractivity contribution is 0.101. The second-order valence-corrected chi connectivity index (χ2v) is 7.79. The summed E-state index contributed by atoms with van der Waals surface area (Å²) in [5, 5.41) is 16.8. The first-order chi connectivity index (χ1) is 16.9. The molecule has 1 aromatic carbocycles. The fourth-order valence-corrected chi connectivity index (χ4v) is 3.74. The van der Waals surface area contributed by atoms with E-state index in [-0.39, 0.29) is 11.5 Å². The molecule has 3 N–H and O–H groups in total. The van der Waals surface area contributed by atoms with Crippen LogP contribution in [0.15, 0.2) is 66.5 Å². The summed E-state index contributed by atoms with van der Waals surface area (Å²) in [6.45, 7) is 5.17. The molecule has 4 rings (SSSR count). The number of imidazole rings is 1. The van der Waals surface area contributed by atoms with Crippen LogP contribution in [-0.2, 0) is 4.74 Å². The molecule has 10 nitrogen and oxygen atoms in total. The molecule has 0 aliphatic carbocycles. The Morgan fingerprint density at radius 2 is 2.03 bits per heavy atom. The molecule has 0 bridgehead atoms. The van der Waals surface area contributed by atoms with Crippen LogP contribution in [0.1, 0.15) is 35.6 Å². The molecule has 0 spiro atoms. The third-order valence-corrected chi connectivity index (χ3v) is 5.41. The van der Waals surface area contributed by atoms with E-state index in [1.54, 1.807) is 37.7 Å². The summed E-state index contributed by atoms with van der Waals surface area (Å²) in [5.74, 6) is 1.39. The van der Waals surface area contributed by atoms with Crippen LogP contribution in [-0.4, -0.2) is 37.2 Å². The van der Waals surface area contributed by atoms with Crippen molar-refractivity contribution in [3.8, 4) is 17.7 Å². The number of pyridine rings is 1. The number of benzene rings is 1. The Hall–Kier alpha value is -4.91. The monoisotopic (exact) mass is 468 g/mol. The van der Waals surface area contributed by atoms with Crippen LogP contribution in [0.4, 0.5) is 5.69 Å². The van der Waals surface area contributed by atoms with Gasteiger partial charge in [-0.1, -0.05) is 0 Å². The average molecular weight is 469 g/mol. The number of nitrogens with one attached hydrogen (secondary N) is 1. The molecule has 0 saturated carbocycles. The van der Waals surface area contributed by atoms with Gasteiger partial charge in [0, 0.05) is 11.4 Å². The molecule has 0 amide bonds. The summed E-state index contributed by atoms with van der Waals surface area (Å²) in [6.07, 6.45) is 4.76. The molecular weight excluding hydrogens is 444 g/mol. The van der Waals surface area contributed by atoms with Crippen molar-refractivity contribution in [3.05, 3.63) is 83.4 Å². The molecule has 0 aliphatic heterocycles. The zero-order valence-corrected chi connectivity index (χ0v) is 19.8. The fraction of sp³-hybridized carbons (Fsp3) is 0.160. The number of nitrogens with zero attached hydrogens (tertiary/aromatic N) is 6. The standard InChI is InChI=1S/C25H24N8O2/c1-15-11-19(13-27)31-33(15)25-20(17(3)34)6-8-24(30-25)32-14-28-21-12-18(5-7-22(21)32)29-16(2)23(35-4)9-10-26/h5-12,14,29H,26H2,1-4H3/b10-9-,23-16-. The number of carbonyl (C=O) groups is 1. The summed E-state index contributed by atoms with van der Waals surface area (Å²) < 4.78 is 8.68. The highest BCUT2D eigenvalue weighted by atomic mass is 16.5. The molecule has 0 fully saturated rings. The number of anilines is 1. The summed E-state index contributed by atoms with van der Waals surface area (Å²) >= 11 is 0. The van der Waals surface area contributed by atoms with Gasteiger partial charge in [-0.25, -0.2) is 14.6 Å². The highest BCUT2D eigenvalue weighted by molar-refractivity contribution is 5.97. The highest BCUT2D eigenvalue weighted by Crippen LogP contribution is 2.24. The largest absolute Gasteiger partial charge is 0.495 e. The highest BCUT2D eigenvalue weighted by Gasteiger charge is 2.17. The van der Waals surface area contributed by atoms with E-state index in [1.165, 1.54) is 17.8 Å². The zero-order chi connectivity index (χ0) is 25.1. The molecule has 176 valence electrons. The lowest BCUT2D eigenvalue weighted by atomic mass is 10.2. The van der Waals surface area contributed by atoms with Gasteiger partial charge in [0.15, 0.2) is 17.3 Å². The van der Waals surface area contributed by atoms with Crippen LogP contribution in [0.2, 0.25) is 0 Å². The SMILES string of the molecule is COC(/C=C\N)=C(/C)Nc1ccc2c(c1)ncn2-c1ccc(C(C)=O)c(-n2nc(C#N)cc2C)n1. The second-order valence-electron chi connectivity index (χ2n) is 7.79. The third-order valence-electron chi connectivity index (χ3n) is 5.41. The zero-order valence-electron chi connectivity index (χ0n) is 19.8. The summed E-state index contributed by atoms with van der Waals surface area (Å²) in [6, 6.07) is 12.9. The number of hydrogen-bond donors (Lipinski definition) is 2. The van der Waals surface area contributed by atoms with Crippen molar-refractivity contribution in [2.45, 2.75) is 20.8 Å². The van der Waals surface area contributed by atoms with Gasteiger partial charge < -0.3 is 15.8 Å². The lowest BCUT2D eigenvalue weighted by Crippen LogP contribution is -2.11. The minimum atomic E-state index is -0.151. The average Bonchev–Trinajstić information content (AvgIpc) is 3.44. The Labute approximate surface area is 202 Å². The number of aromatic nitrogens is 5. The topological polar surface area (TPSA) is 137 Å². The fourth-order valence-electron chi connectivity index (χ4n) is 3.74. The van der Waals surface area contributed by atoms with Gasteiger partial charge in [-0.2, -0.15) is 10.4 Å². The minimum absolute atomic E-state index is 0.151. The molecule has 0 saturated heterocycles. The van der Waals surface area contributed by atoms with Crippen molar-refractivity contribution in [1.82, 2.24) is 24.3 Å². The molecule has 0 atom stereocenters. The number of ketones is 1. The number of Topliss-reactive ketones (excluding diaryl/α,β-unsaturated/α-hetero) is 1. The van der Waals surface area contributed by atoms with Crippen molar-refractivity contribution < 1.29 is 9.53 Å². The predicted octanol–water partition coefficient (Wildman–Crippen LogP) is 3.75. The van der Waals surface area contributed by atoms with E-state index in [0.717, 1.165) is 22.4 Å². The number of methoxy groups -OCH3 is 1. The Morgan fingerprint density at radius 3 is 2.69 bits per heavy atom. The number of rotatable bonds is 7. The first-order valence-corrected chi connectivity index (χ1v) is 10.7. The van der Waals surface area contributed by atoms with Crippen molar-refractivity contribution in [2.24, 2.45) is 5.73 Å². The second kappa shape index (κ2) is 9.52. The van der Waals surface area contributed by atoms with Gasteiger partial charge in [0.1, 0.15) is 24.0 Å². The summed E-state index contributed by atoms with van der Waals surface area (Å²) in [7, 11) is 1.58. The molecule has 0 aliphatic rings. The van der Waals surface area contributed by atoms with Crippen LogP contribution in [0.3, 0.4) is 0 Å². The van der Waals surface area contributed by atoms with Gasteiger partial charge in [0.2, 0.25) is 0 Å². The molecule has 10 heteroatoms. The first-order valence-electron chi connectivity index (χ1n) is 10.7. The van der Waals surface area contributed by atoms with Gasteiger partial charge >= 0.3 is 0 Å². The molecule has 3 heterocycles. The van der Waals surface area contributed by atoms with Crippen LogP contribution in [0.5, 0.6) is 0 Å². The summed E-state index contributed by atoms with van der Waals surface area (Å²) in [5.41, 5.74) is 10.0. The Morgan fingerprint density at radius 1 is 1.23 bits per heavy atom. The van der Waals surface area contributed by atoms with Gasteiger partial charge in [-0.05, 0) is 69.4 Å². The number of ether oxygens (including phenoxy) is 1. The Kier molecular flexibility index (Phi) is 6.33. The van der Waals surface area contributed by atoms with Crippen LogP contribution >= 0.6 is 0 Å². The molecule has 0 radical (unpaired) electrons. The molecule has 4 aromatic rings. The van der Waals surface area contributed by atoms with Crippen molar-refractivity contribution >= 4 is 22.5 Å². The number of allylic oxidation sites excluding steroid dienone is 2. The van der Waals surface area contributed by atoms with Gasteiger partial charge in [0.25, 0.3) is 0 Å². The maximum absolute atomic E-state index is 12.3. The van der Waals surface area contributed by atoms with E-state index in [2.05, 4.69) is 15.4 Å². The number of nitriles is 1. The molecule has 0 unspecified atom stereocenters. The van der Waals surface area contributed by atoms with E-state index in [0.29, 0.717) is 28.7 Å². The van der Waals surface area contributed by atoms with Gasteiger partial charge in [-0.15, -0.1) is 0 Å².